The van der Waals surface area contributed by atoms with E-state index in [1.54, 1.807) is 7.11 Å². The Morgan fingerprint density at radius 2 is 1.72 bits per heavy atom. The smallest absolute Gasteiger partial charge is 0.203 e. The third-order valence-electron chi connectivity index (χ3n) is 11.3. The van der Waals surface area contributed by atoms with Crippen LogP contribution in [0.15, 0.2) is 11.8 Å². The molecule has 11 nitrogen and oxygen atoms in total. The Kier molecular flexibility index (Phi) is 6.97. The number of carbonyl (C=O) groups excluding carboxylic acids is 1. The van der Waals surface area contributed by atoms with Gasteiger partial charge in [0, 0.05) is 23.2 Å². The number of carbonyl (C=O) groups is 1. The number of Topliss-reactive ketones (excluding diaryl/α,β-unsaturated/α-hetero) is 1. The lowest BCUT2D eigenvalue weighted by atomic mass is 9.38. The normalized spacial score (nSPS) is 56.7. The first kappa shape index (κ1) is 28.0. The zero-order valence-electron chi connectivity index (χ0n) is 23.1. The van der Waals surface area contributed by atoms with Crippen LogP contribution in [0.2, 0.25) is 0 Å². The minimum Gasteiger partial charge on any atom is -0.493 e. The van der Waals surface area contributed by atoms with Crippen molar-refractivity contribution in [1.82, 2.24) is 0 Å². The van der Waals surface area contributed by atoms with Gasteiger partial charge in [-0.3, -0.25) is 4.79 Å². The molecule has 0 aromatic rings. The van der Waals surface area contributed by atoms with Crippen LogP contribution in [0.1, 0.15) is 40.5 Å². The van der Waals surface area contributed by atoms with Gasteiger partial charge in [-0.05, 0) is 36.2 Å². The largest absolute Gasteiger partial charge is 0.493 e. The van der Waals surface area contributed by atoms with E-state index in [-0.39, 0.29) is 60.5 Å². The van der Waals surface area contributed by atoms with E-state index in [1.165, 1.54) is 0 Å². The van der Waals surface area contributed by atoms with Crippen molar-refractivity contribution in [2.45, 2.75) is 95.8 Å². The molecule has 0 bridgehead atoms. The van der Waals surface area contributed by atoms with Gasteiger partial charge in [0.05, 0.1) is 32.0 Å². The number of ether oxygens (including phenoxy) is 6. The molecule has 2 saturated carbocycles. The fourth-order valence-electron chi connectivity index (χ4n) is 9.35. The van der Waals surface area contributed by atoms with Crippen molar-refractivity contribution in [3.63, 3.8) is 0 Å². The van der Waals surface area contributed by atoms with E-state index in [1.807, 2.05) is 6.08 Å². The van der Waals surface area contributed by atoms with Crippen LogP contribution in [0, 0.1) is 40.4 Å². The van der Waals surface area contributed by atoms with Gasteiger partial charge in [-0.1, -0.05) is 27.7 Å². The summed E-state index contributed by atoms with van der Waals surface area (Å²) >= 11 is 0. The molecule has 4 N–H and O–H groups in total. The van der Waals surface area contributed by atoms with Crippen LogP contribution in [0.25, 0.3) is 0 Å². The highest BCUT2D eigenvalue weighted by molar-refractivity contribution is 5.99. The van der Waals surface area contributed by atoms with E-state index in [0.29, 0.717) is 18.6 Å². The highest BCUT2D eigenvalue weighted by Gasteiger charge is 2.74. The Morgan fingerprint density at radius 3 is 2.41 bits per heavy atom. The number of hydrogen-bond acceptors (Lipinski definition) is 11. The van der Waals surface area contributed by atoms with Crippen molar-refractivity contribution >= 4 is 5.78 Å². The summed E-state index contributed by atoms with van der Waals surface area (Å²) in [5, 5.41) is 40.7. The number of fused-ring (bicyclic) bond motifs is 4. The van der Waals surface area contributed by atoms with Crippen LogP contribution in [0.4, 0.5) is 0 Å². The van der Waals surface area contributed by atoms with Gasteiger partial charge in [0.2, 0.25) is 5.78 Å². The average Bonchev–Trinajstić information content (AvgIpc) is 3.39. The molecule has 11 heteroatoms. The molecule has 0 amide bonds. The maximum absolute atomic E-state index is 14.1. The van der Waals surface area contributed by atoms with Gasteiger partial charge in [0.15, 0.2) is 18.3 Å². The van der Waals surface area contributed by atoms with E-state index in [4.69, 9.17) is 28.4 Å². The molecule has 6 aliphatic rings. The summed E-state index contributed by atoms with van der Waals surface area (Å²) in [6, 6.07) is 0. The second-order valence-corrected chi connectivity index (χ2v) is 12.9. The SMILES string of the molecule is COC1=C[C@@H](C)[C@@H]2C[C@H]3O[C@@H](O[C@@H]4O[C@H](CO)[C@@H](O)[C@H](O)[C@H]4O)C[C@H]4[C@@H](C)[C@@H]5OCO[C@H]5[C@H]([C@@]2(C)C1=O)[C@@]34C. The van der Waals surface area contributed by atoms with Crippen molar-refractivity contribution < 1.29 is 53.6 Å². The van der Waals surface area contributed by atoms with Crippen LogP contribution in [-0.4, -0.2) is 102 Å². The van der Waals surface area contributed by atoms with E-state index in [2.05, 4.69) is 27.7 Å². The van der Waals surface area contributed by atoms with Gasteiger partial charge in [0.1, 0.15) is 31.2 Å². The number of aliphatic hydroxyl groups excluding tert-OH is 4. The summed E-state index contributed by atoms with van der Waals surface area (Å²) in [7, 11) is 1.54. The molecule has 3 aliphatic carbocycles. The van der Waals surface area contributed by atoms with Crippen molar-refractivity contribution in [2.24, 2.45) is 40.4 Å². The zero-order chi connectivity index (χ0) is 28.0. The summed E-state index contributed by atoms with van der Waals surface area (Å²) in [6.45, 7) is 8.15. The molecule has 3 saturated heterocycles. The molecule has 5 fully saturated rings. The van der Waals surface area contributed by atoms with Crippen LogP contribution in [0.3, 0.4) is 0 Å². The van der Waals surface area contributed by atoms with Gasteiger partial charge >= 0.3 is 0 Å². The average molecular weight is 555 g/mol. The summed E-state index contributed by atoms with van der Waals surface area (Å²) in [6.07, 6.45) is -5.43. The molecular weight excluding hydrogens is 512 g/mol. The summed E-state index contributed by atoms with van der Waals surface area (Å²) in [5.74, 6) is 0.327. The molecular formula is C28H42O11. The molecule has 220 valence electrons. The number of allylic oxidation sites excluding steroid dienone is 2. The monoisotopic (exact) mass is 554 g/mol. The van der Waals surface area contributed by atoms with E-state index < -0.39 is 54.4 Å². The molecule has 3 heterocycles. The van der Waals surface area contributed by atoms with Crippen molar-refractivity contribution in [3.8, 4) is 0 Å². The summed E-state index contributed by atoms with van der Waals surface area (Å²) in [5.41, 5.74) is -1.19. The van der Waals surface area contributed by atoms with Crippen LogP contribution in [-0.2, 0) is 33.2 Å². The summed E-state index contributed by atoms with van der Waals surface area (Å²) < 4.78 is 36.4. The van der Waals surface area contributed by atoms with Crippen LogP contribution >= 0.6 is 0 Å². The summed E-state index contributed by atoms with van der Waals surface area (Å²) in [4.78, 5) is 14.1. The maximum atomic E-state index is 14.1. The van der Waals surface area contributed by atoms with Gasteiger partial charge in [-0.15, -0.1) is 0 Å². The topological polar surface area (TPSA) is 153 Å². The van der Waals surface area contributed by atoms with Crippen molar-refractivity contribution in [3.05, 3.63) is 11.8 Å². The van der Waals surface area contributed by atoms with Crippen LogP contribution in [0.5, 0.6) is 0 Å². The number of rotatable bonds is 4. The van der Waals surface area contributed by atoms with E-state index >= 15 is 0 Å². The Balaban J connectivity index is 1.36. The second-order valence-electron chi connectivity index (χ2n) is 12.9. The molecule has 6 rings (SSSR count). The lowest BCUT2D eigenvalue weighted by Crippen LogP contribution is -2.73. The molecule has 3 aliphatic heterocycles. The van der Waals surface area contributed by atoms with E-state index in [0.717, 1.165) is 0 Å². The highest BCUT2D eigenvalue weighted by Crippen LogP contribution is 2.69. The lowest BCUT2D eigenvalue weighted by molar-refractivity contribution is -0.377. The predicted molar refractivity (Wildman–Crippen MR) is 132 cm³/mol. The van der Waals surface area contributed by atoms with Crippen LogP contribution < -0.4 is 0 Å². The quantitative estimate of drug-likeness (QED) is 0.380. The molecule has 0 aromatic carbocycles. The maximum Gasteiger partial charge on any atom is 0.203 e. The van der Waals surface area contributed by atoms with Crippen molar-refractivity contribution in [1.29, 1.82) is 0 Å². The molecule has 0 unspecified atom stereocenters. The third-order valence-corrected chi connectivity index (χ3v) is 11.3. The van der Waals surface area contributed by atoms with E-state index in [9.17, 15) is 25.2 Å². The first-order chi connectivity index (χ1) is 18.5. The molecule has 0 aromatic heterocycles. The molecule has 39 heavy (non-hydrogen) atoms. The number of hydrogen-bond donors (Lipinski definition) is 4. The first-order valence-electron chi connectivity index (χ1n) is 14.1. The number of aliphatic hydroxyl groups is 4. The lowest BCUT2D eigenvalue weighted by Gasteiger charge is -2.69. The van der Waals surface area contributed by atoms with Gasteiger partial charge < -0.3 is 48.8 Å². The number of methoxy groups -OCH3 is 1. The zero-order valence-corrected chi connectivity index (χ0v) is 23.1. The first-order valence-corrected chi connectivity index (χ1v) is 14.1. The fraction of sp³-hybridized carbons (Fsp3) is 0.893. The Labute approximate surface area is 228 Å². The van der Waals surface area contributed by atoms with Crippen molar-refractivity contribution in [2.75, 3.05) is 20.5 Å². The molecule has 0 spiro atoms. The van der Waals surface area contributed by atoms with Gasteiger partial charge in [0.25, 0.3) is 0 Å². The molecule has 16 atom stereocenters. The Bertz CT molecular complexity index is 1000. The number of ketones is 1. The second kappa shape index (κ2) is 9.71. The minimum atomic E-state index is -1.54. The third kappa shape index (κ3) is 3.78. The minimum absolute atomic E-state index is 0.0000186. The van der Waals surface area contributed by atoms with Gasteiger partial charge in [-0.2, -0.15) is 0 Å². The Morgan fingerprint density at radius 1 is 1.00 bits per heavy atom. The highest BCUT2D eigenvalue weighted by atomic mass is 16.8. The predicted octanol–water partition coefficient (Wildman–Crippen LogP) is 0.323. The fourth-order valence-corrected chi connectivity index (χ4v) is 9.35. The Hall–Kier alpha value is -1.15. The standard InChI is InChI=1S/C28H42O11/c1-11-6-15(34-5)25(33)28(4)13(11)7-17-27(3)14(12(2)22-23(24(27)28)36-10-35-22)8-18(38-17)39-26-21(32)20(31)19(30)16(9-29)37-26/h6,11-14,16-24,26,29-32H,7-10H2,1-5H3/t11-,12-,13+,14+,16-,17-,18+,19-,20+,21-,22+,23-,24+,26+,27-,28+/m1/s1. The molecule has 0 radical (unpaired) electrons. The van der Waals surface area contributed by atoms with Gasteiger partial charge in [-0.25, -0.2) is 0 Å².